The molecule has 0 aromatic carbocycles. The van der Waals surface area contributed by atoms with E-state index in [1.54, 1.807) is 9.16 Å². The van der Waals surface area contributed by atoms with Crippen LogP contribution in [0.25, 0.3) is 0 Å². The van der Waals surface area contributed by atoms with Crippen LogP contribution in [0.15, 0.2) is 9.16 Å². The molecule has 0 nitrogen and oxygen atoms in total. The summed E-state index contributed by atoms with van der Waals surface area (Å²) in [6, 6.07) is 0. The summed E-state index contributed by atoms with van der Waals surface area (Å²) in [7, 11) is 0. The molecular weight excluding hydrogens is 215 g/mol. The Bertz CT molecular complexity index is 97.1. The van der Waals surface area contributed by atoms with Crippen LogP contribution in [0, 0.1) is 0 Å². The van der Waals surface area contributed by atoms with Crippen LogP contribution in [0.4, 0.5) is 0 Å². The van der Waals surface area contributed by atoms with Crippen LogP contribution in [0.3, 0.4) is 0 Å². The zero-order valence-electron chi connectivity index (χ0n) is 6.70. The third kappa shape index (κ3) is 3.29. The van der Waals surface area contributed by atoms with E-state index in [-0.39, 0.29) is 0 Å². The van der Waals surface area contributed by atoms with Crippen molar-refractivity contribution in [1.82, 2.24) is 0 Å². The number of hydrogen-bond acceptors (Lipinski definition) is 0. The standard InChI is InChI=1S/C8H15.Sn.H/c1-4-7-8(5-2)6-3;;/h4-6H2,1-3H3;;. The summed E-state index contributed by atoms with van der Waals surface area (Å²) in [5, 5.41) is 0. The van der Waals surface area contributed by atoms with Gasteiger partial charge in [0.15, 0.2) is 0 Å². The summed E-state index contributed by atoms with van der Waals surface area (Å²) in [6.45, 7) is 6.77. The molecule has 0 atom stereocenters. The first-order chi connectivity index (χ1) is 4.26. The van der Waals surface area contributed by atoms with Crippen molar-refractivity contribution in [3.8, 4) is 0 Å². The van der Waals surface area contributed by atoms with Crippen molar-refractivity contribution in [2.45, 2.75) is 40.0 Å². The quantitative estimate of drug-likeness (QED) is 0.654. The average Bonchev–Trinajstić information content (AvgIpc) is 1.90. The summed E-state index contributed by atoms with van der Waals surface area (Å²) in [5.41, 5.74) is 1.69. The summed E-state index contributed by atoms with van der Waals surface area (Å²) < 4.78 is 1.71. The third-order valence-corrected chi connectivity index (χ3v) is 4.02. The van der Waals surface area contributed by atoms with Gasteiger partial charge in [-0.2, -0.15) is 0 Å². The Morgan fingerprint density at radius 2 is 1.44 bits per heavy atom. The molecular formula is C8H16Sn. The molecule has 0 aliphatic heterocycles. The van der Waals surface area contributed by atoms with Crippen LogP contribution in [0.1, 0.15) is 40.0 Å². The molecule has 0 unspecified atom stereocenters. The minimum atomic E-state index is 1.26. The normalized spacial score (nSPS) is 9.33. The van der Waals surface area contributed by atoms with Crippen LogP contribution in [-0.2, 0) is 0 Å². The van der Waals surface area contributed by atoms with Crippen molar-refractivity contribution >= 4 is 22.5 Å². The van der Waals surface area contributed by atoms with Crippen molar-refractivity contribution in [3.63, 3.8) is 0 Å². The van der Waals surface area contributed by atoms with Gasteiger partial charge in [0.2, 0.25) is 0 Å². The molecule has 0 fully saturated rings. The molecule has 0 aliphatic rings. The predicted molar refractivity (Wildman–Crippen MR) is 45.0 cm³/mol. The van der Waals surface area contributed by atoms with E-state index in [1.165, 1.54) is 41.8 Å². The van der Waals surface area contributed by atoms with Crippen LogP contribution < -0.4 is 0 Å². The molecule has 52 valence electrons. The second-order valence-corrected chi connectivity index (χ2v) is 4.18. The second kappa shape index (κ2) is 5.33. The van der Waals surface area contributed by atoms with Gasteiger partial charge in [-0.25, -0.2) is 0 Å². The van der Waals surface area contributed by atoms with Crippen molar-refractivity contribution in [1.29, 1.82) is 0 Å². The van der Waals surface area contributed by atoms with Gasteiger partial charge in [0.25, 0.3) is 0 Å². The molecule has 0 spiro atoms. The van der Waals surface area contributed by atoms with E-state index >= 15 is 0 Å². The Balaban J connectivity index is 4.01. The molecule has 2 radical (unpaired) electrons. The Morgan fingerprint density at radius 3 is 1.56 bits per heavy atom. The summed E-state index contributed by atoms with van der Waals surface area (Å²) in [4.78, 5) is 0. The van der Waals surface area contributed by atoms with Crippen LogP contribution in [-0.4, -0.2) is 22.5 Å². The van der Waals surface area contributed by atoms with E-state index in [4.69, 9.17) is 0 Å². The third-order valence-electron chi connectivity index (χ3n) is 1.69. The first-order valence-electron chi connectivity index (χ1n) is 3.72. The molecule has 0 bridgehead atoms. The van der Waals surface area contributed by atoms with Crippen molar-refractivity contribution < 1.29 is 0 Å². The van der Waals surface area contributed by atoms with Crippen LogP contribution in [0.2, 0.25) is 0 Å². The predicted octanol–water partition coefficient (Wildman–Crippen LogP) is 2.37. The van der Waals surface area contributed by atoms with Gasteiger partial charge in [-0.15, -0.1) is 0 Å². The Morgan fingerprint density at radius 1 is 1.00 bits per heavy atom. The molecule has 0 saturated carbocycles. The Kier molecular flexibility index (Phi) is 5.65. The second-order valence-electron chi connectivity index (χ2n) is 2.19. The monoisotopic (exact) mass is 232 g/mol. The maximum absolute atomic E-state index is 2.26. The summed E-state index contributed by atoms with van der Waals surface area (Å²) in [5.74, 6) is 0. The molecule has 0 aliphatic carbocycles. The zero-order valence-corrected chi connectivity index (χ0v) is 9.99. The Labute approximate surface area is 71.8 Å². The number of hydrogen-bond donors (Lipinski definition) is 0. The number of rotatable bonds is 3. The van der Waals surface area contributed by atoms with Gasteiger partial charge in [-0.05, 0) is 0 Å². The van der Waals surface area contributed by atoms with Gasteiger partial charge in [0.1, 0.15) is 0 Å². The fourth-order valence-corrected chi connectivity index (χ4v) is 2.12. The fourth-order valence-electron chi connectivity index (χ4n) is 0.954. The van der Waals surface area contributed by atoms with Crippen molar-refractivity contribution in [2.75, 3.05) is 0 Å². The summed E-state index contributed by atoms with van der Waals surface area (Å²) in [6.07, 6.45) is 3.81. The molecule has 0 aromatic rings. The van der Waals surface area contributed by atoms with E-state index in [0.29, 0.717) is 0 Å². The molecule has 0 saturated heterocycles. The van der Waals surface area contributed by atoms with Gasteiger partial charge >= 0.3 is 71.7 Å². The molecule has 0 heterocycles. The average molecular weight is 231 g/mol. The van der Waals surface area contributed by atoms with E-state index in [9.17, 15) is 0 Å². The Hall–Kier alpha value is 0.539. The van der Waals surface area contributed by atoms with Crippen molar-refractivity contribution in [3.05, 3.63) is 9.16 Å². The summed E-state index contributed by atoms with van der Waals surface area (Å²) >= 11 is 1.33. The molecule has 0 aromatic heterocycles. The molecule has 0 rings (SSSR count). The van der Waals surface area contributed by atoms with E-state index < -0.39 is 0 Å². The van der Waals surface area contributed by atoms with Crippen molar-refractivity contribution in [2.24, 2.45) is 0 Å². The van der Waals surface area contributed by atoms with Gasteiger partial charge in [0.05, 0.1) is 0 Å². The molecule has 1 heteroatoms. The van der Waals surface area contributed by atoms with E-state index in [1.807, 2.05) is 0 Å². The van der Waals surface area contributed by atoms with Gasteiger partial charge in [-0.1, -0.05) is 0 Å². The molecule has 0 amide bonds. The van der Waals surface area contributed by atoms with Gasteiger partial charge < -0.3 is 0 Å². The first kappa shape index (κ1) is 9.54. The molecule has 9 heavy (non-hydrogen) atoms. The first-order valence-corrected chi connectivity index (χ1v) is 5.37. The van der Waals surface area contributed by atoms with Gasteiger partial charge in [0, 0.05) is 0 Å². The SMILES string of the molecule is CC[C]([SnH])=C(CC)CC. The van der Waals surface area contributed by atoms with E-state index in [0.717, 1.165) is 0 Å². The number of allylic oxidation sites excluding steroid dienone is 2. The zero-order chi connectivity index (χ0) is 7.28. The minimum absolute atomic E-state index is 1.26. The van der Waals surface area contributed by atoms with Crippen LogP contribution >= 0.6 is 0 Å². The fraction of sp³-hybridized carbons (Fsp3) is 0.750. The van der Waals surface area contributed by atoms with Crippen LogP contribution in [0.5, 0.6) is 0 Å². The van der Waals surface area contributed by atoms with E-state index in [2.05, 4.69) is 20.8 Å². The van der Waals surface area contributed by atoms with Gasteiger partial charge in [-0.3, -0.25) is 0 Å². The maximum atomic E-state index is 2.26. The molecule has 0 N–H and O–H groups in total. The topological polar surface area (TPSA) is 0 Å².